The number of hydrogen-bond acceptors (Lipinski definition) is 4. The molecule has 1 aliphatic heterocycles. The van der Waals surface area contributed by atoms with Gasteiger partial charge in [0.15, 0.2) is 0 Å². The molecule has 1 aromatic rings. The van der Waals surface area contributed by atoms with E-state index in [-0.39, 0.29) is 6.61 Å². The third-order valence-corrected chi connectivity index (χ3v) is 3.58. The van der Waals surface area contributed by atoms with Gasteiger partial charge in [0.25, 0.3) is 0 Å². The van der Waals surface area contributed by atoms with Gasteiger partial charge < -0.3 is 15.2 Å². The van der Waals surface area contributed by atoms with Crippen LogP contribution in [0.25, 0.3) is 0 Å². The van der Waals surface area contributed by atoms with Crippen molar-refractivity contribution in [3.05, 3.63) is 29.8 Å². The minimum absolute atomic E-state index is 0.246. The van der Waals surface area contributed by atoms with Crippen molar-refractivity contribution in [1.29, 1.82) is 0 Å². The third kappa shape index (κ3) is 3.93. The lowest BCUT2D eigenvalue weighted by atomic mass is 10.1. The number of para-hydroxylation sites is 1. The van der Waals surface area contributed by atoms with E-state index >= 15 is 0 Å². The van der Waals surface area contributed by atoms with E-state index in [2.05, 4.69) is 22.3 Å². The van der Waals surface area contributed by atoms with Gasteiger partial charge in [-0.1, -0.05) is 18.2 Å². The van der Waals surface area contributed by atoms with Gasteiger partial charge >= 0.3 is 0 Å². The first-order chi connectivity index (χ1) is 9.35. The molecule has 0 aromatic heterocycles. The van der Waals surface area contributed by atoms with Crippen molar-refractivity contribution in [3.63, 3.8) is 0 Å². The number of benzene rings is 1. The van der Waals surface area contributed by atoms with Crippen LogP contribution in [0.3, 0.4) is 0 Å². The fourth-order valence-corrected chi connectivity index (χ4v) is 2.59. The Morgan fingerprint density at radius 1 is 1.42 bits per heavy atom. The first-order valence-corrected chi connectivity index (χ1v) is 7.11. The topological polar surface area (TPSA) is 44.7 Å². The van der Waals surface area contributed by atoms with Crippen LogP contribution < -0.4 is 10.1 Å². The molecule has 0 radical (unpaired) electrons. The van der Waals surface area contributed by atoms with Crippen LogP contribution in [-0.2, 0) is 6.54 Å². The van der Waals surface area contributed by atoms with Crippen molar-refractivity contribution in [2.45, 2.75) is 25.9 Å². The SMILES string of the molecule is CCOc1ccccc1CN1CCNC[C@@H]1CCO. The quantitative estimate of drug-likeness (QED) is 0.811. The van der Waals surface area contributed by atoms with E-state index in [1.54, 1.807) is 0 Å². The van der Waals surface area contributed by atoms with Gasteiger partial charge in [0.2, 0.25) is 0 Å². The number of rotatable bonds is 6. The molecule has 1 heterocycles. The number of nitrogens with zero attached hydrogens (tertiary/aromatic N) is 1. The highest BCUT2D eigenvalue weighted by molar-refractivity contribution is 5.33. The van der Waals surface area contributed by atoms with Crippen LogP contribution in [0, 0.1) is 0 Å². The van der Waals surface area contributed by atoms with Crippen molar-refractivity contribution in [2.75, 3.05) is 32.8 Å². The Balaban J connectivity index is 2.05. The monoisotopic (exact) mass is 264 g/mol. The summed E-state index contributed by atoms with van der Waals surface area (Å²) in [4.78, 5) is 2.44. The fraction of sp³-hybridized carbons (Fsp3) is 0.600. The molecule has 2 rings (SSSR count). The summed E-state index contributed by atoms with van der Waals surface area (Å²) in [5.41, 5.74) is 1.23. The van der Waals surface area contributed by atoms with Crippen LogP contribution >= 0.6 is 0 Å². The number of aliphatic hydroxyl groups excluding tert-OH is 1. The summed E-state index contributed by atoms with van der Waals surface area (Å²) in [6.07, 6.45) is 0.823. The molecule has 0 saturated carbocycles. The van der Waals surface area contributed by atoms with E-state index in [1.807, 2.05) is 19.1 Å². The van der Waals surface area contributed by atoms with Crippen molar-refractivity contribution in [3.8, 4) is 5.75 Å². The summed E-state index contributed by atoms with van der Waals surface area (Å²) >= 11 is 0. The molecule has 4 nitrogen and oxygen atoms in total. The van der Waals surface area contributed by atoms with Gasteiger partial charge in [-0.2, -0.15) is 0 Å². The zero-order valence-electron chi connectivity index (χ0n) is 11.6. The minimum atomic E-state index is 0.246. The summed E-state index contributed by atoms with van der Waals surface area (Å²) in [6.45, 7) is 6.83. The average Bonchev–Trinajstić information content (AvgIpc) is 2.44. The first-order valence-electron chi connectivity index (χ1n) is 7.11. The van der Waals surface area contributed by atoms with Gasteiger partial charge in [-0.15, -0.1) is 0 Å². The van der Waals surface area contributed by atoms with Crippen molar-refractivity contribution >= 4 is 0 Å². The Kier molecular flexibility index (Phi) is 5.63. The molecule has 4 heteroatoms. The number of piperazine rings is 1. The Morgan fingerprint density at radius 2 is 2.26 bits per heavy atom. The lowest BCUT2D eigenvalue weighted by molar-refractivity contribution is 0.122. The lowest BCUT2D eigenvalue weighted by Crippen LogP contribution is -2.51. The predicted molar refractivity (Wildman–Crippen MR) is 76.4 cm³/mol. The molecule has 1 atom stereocenters. The minimum Gasteiger partial charge on any atom is -0.494 e. The molecule has 1 saturated heterocycles. The van der Waals surface area contributed by atoms with Gasteiger partial charge in [0, 0.05) is 44.4 Å². The first kappa shape index (κ1) is 14.3. The van der Waals surface area contributed by atoms with Crippen molar-refractivity contribution in [1.82, 2.24) is 10.2 Å². The highest BCUT2D eigenvalue weighted by Crippen LogP contribution is 2.21. The van der Waals surface area contributed by atoms with Crippen LogP contribution in [0.15, 0.2) is 24.3 Å². The predicted octanol–water partition coefficient (Wildman–Crippen LogP) is 1.24. The molecule has 0 bridgehead atoms. The maximum absolute atomic E-state index is 9.16. The normalized spacial score (nSPS) is 20.4. The molecular weight excluding hydrogens is 240 g/mol. The van der Waals surface area contributed by atoms with Crippen LogP contribution in [0.4, 0.5) is 0 Å². The standard InChI is InChI=1S/C15H24N2O2/c1-2-19-15-6-4-3-5-13(15)12-17-9-8-16-11-14(17)7-10-18/h3-6,14,16,18H,2,7-12H2,1H3/t14-/m0/s1. The molecule has 1 aliphatic rings. The molecule has 1 aromatic carbocycles. The smallest absolute Gasteiger partial charge is 0.123 e. The average molecular weight is 264 g/mol. The Hall–Kier alpha value is -1.10. The van der Waals surface area contributed by atoms with E-state index in [1.165, 1.54) is 5.56 Å². The number of aliphatic hydroxyl groups is 1. The zero-order chi connectivity index (χ0) is 13.5. The van der Waals surface area contributed by atoms with Crippen LogP contribution in [-0.4, -0.2) is 48.9 Å². The Morgan fingerprint density at radius 3 is 3.05 bits per heavy atom. The maximum Gasteiger partial charge on any atom is 0.123 e. The number of ether oxygens (including phenoxy) is 1. The highest BCUT2D eigenvalue weighted by Gasteiger charge is 2.22. The second-order valence-corrected chi connectivity index (χ2v) is 4.88. The molecule has 0 aliphatic carbocycles. The van der Waals surface area contributed by atoms with Gasteiger partial charge in [-0.05, 0) is 19.4 Å². The number of hydrogen-bond donors (Lipinski definition) is 2. The molecule has 19 heavy (non-hydrogen) atoms. The molecule has 0 amide bonds. The van der Waals surface area contributed by atoms with Crippen LogP contribution in [0.2, 0.25) is 0 Å². The summed E-state index contributed by atoms with van der Waals surface area (Å²) < 4.78 is 5.68. The maximum atomic E-state index is 9.16. The van der Waals surface area contributed by atoms with E-state index in [4.69, 9.17) is 9.84 Å². The van der Waals surface area contributed by atoms with E-state index in [9.17, 15) is 0 Å². The van der Waals surface area contributed by atoms with Crippen molar-refractivity contribution < 1.29 is 9.84 Å². The number of nitrogens with one attached hydrogen (secondary N) is 1. The highest BCUT2D eigenvalue weighted by atomic mass is 16.5. The lowest BCUT2D eigenvalue weighted by Gasteiger charge is -2.36. The fourth-order valence-electron chi connectivity index (χ4n) is 2.59. The summed E-state index contributed by atoms with van der Waals surface area (Å²) in [5, 5.41) is 12.6. The molecule has 1 fully saturated rings. The molecular formula is C15H24N2O2. The second-order valence-electron chi connectivity index (χ2n) is 4.88. The molecule has 2 N–H and O–H groups in total. The van der Waals surface area contributed by atoms with E-state index < -0.39 is 0 Å². The Bertz CT molecular complexity index is 382. The van der Waals surface area contributed by atoms with Gasteiger partial charge in [0.1, 0.15) is 5.75 Å². The van der Waals surface area contributed by atoms with Crippen LogP contribution in [0.1, 0.15) is 18.9 Å². The Labute approximate surface area is 115 Å². The largest absolute Gasteiger partial charge is 0.494 e. The van der Waals surface area contributed by atoms with Gasteiger partial charge in [0.05, 0.1) is 6.61 Å². The zero-order valence-corrected chi connectivity index (χ0v) is 11.6. The van der Waals surface area contributed by atoms with E-state index in [0.717, 1.165) is 38.3 Å². The van der Waals surface area contributed by atoms with Gasteiger partial charge in [-0.25, -0.2) is 0 Å². The summed E-state index contributed by atoms with van der Waals surface area (Å²) in [7, 11) is 0. The van der Waals surface area contributed by atoms with Gasteiger partial charge in [-0.3, -0.25) is 4.90 Å². The van der Waals surface area contributed by atoms with E-state index in [0.29, 0.717) is 12.6 Å². The summed E-state index contributed by atoms with van der Waals surface area (Å²) in [6, 6.07) is 8.64. The third-order valence-electron chi connectivity index (χ3n) is 3.58. The van der Waals surface area contributed by atoms with Crippen LogP contribution in [0.5, 0.6) is 5.75 Å². The summed E-state index contributed by atoms with van der Waals surface area (Å²) in [5.74, 6) is 0.978. The second kappa shape index (κ2) is 7.48. The molecule has 106 valence electrons. The molecule has 0 unspecified atom stereocenters. The molecule has 0 spiro atoms. The van der Waals surface area contributed by atoms with Crippen molar-refractivity contribution in [2.24, 2.45) is 0 Å².